The Morgan fingerprint density at radius 3 is 2.84 bits per heavy atom. The van der Waals surface area contributed by atoms with Gasteiger partial charge in [-0.3, -0.25) is 4.79 Å². The number of hydrogen-bond acceptors (Lipinski definition) is 8. The maximum atomic E-state index is 13.2. The molecular formula is C33H40ClN3O6. The number of esters is 1. The number of carbonyl (C=O) groups excluding carboxylic acids is 2. The molecule has 2 aromatic rings. The van der Waals surface area contributed by atoms with Gasteiger partial charge in [-0.1, -0.05) is 29.8 Å². The molecule has 2 aliphatic carbocycles. The number of nitrogens with zero attached hydrogens (tertiary/aromatic N) is 3. The Balaban J connectivity index is 1.46. The van der Waals surface area contributed by atoms with Crippen LogP contribution in [0.25, 0.3) is 0 Å². The van der Waals surface area contributed by atoms with Crippen molar-refractivity contribution in [3.05, 3.63) is 64.3 Å². The molecule has 230 valence electrons. The highest BCUT2D eigenvalue weighted by Crippen LogP contribution is 2.46. The molecule has 1 aromatic carbocycles. The summed E-state index contributed by atoms with van der Waals surface area (Å²) in [6.45, 7) is 2.06. The minimum Gasteiger partial charge on any atom is -0.489 e. The molecule has 1 aromatic heterocycles. The van der Waals surface area contributed by atoms with Gasteiger partial charge in [0.2, 0.25) is 11.5 Å². The van der Waals surface area contributed by atoms with Crippen LogP contribution in [-0.2, 0) is 31.8 Å². The number of aliphatic hydroxyl groups excluding tert-OH is 1. The molecule has 2 bridgehead atoms. The van der Waals surface area contributed by atoms with Crippen molar-refractivity contribution in [2.45, 2.75) is 62.1 Å². The van der Waals surface area contributed by atoms with Gasteiger partial charge in [-0.15, -0.1) is 0 Å². The molecule has 1 spiro atoms. The van der Waals surface area contributed by atoms with E-state index in [9.17, 15) is 19.8 Å². The fourth-order valence-corrected chi connectivity index (χ4v) is 7.52. The Labute approximate surface area is 257 Å². The summed E-state index contributed by atoms with van der Waals surface area (Å²) < 4.78 is 11.5. The molecule has 9 nitrogen and oxygen atoms in total. The van der Waals surface area contributed by atoms with Crippen LogP contribution in [0.2, 0.25) is 5.02 Å². The predicted octanol–water partition coefficient (Wildman–Crippen LogP) is 3.76. The van der Waals surface area contributed by atoms with Crippen LogP contribution in [0.3, 0.4) is 0 Å². The Bertz CT molecular complexity index is 1430. The summed E-state index contributed by atoms with van der Waals surface area (Å²) in [5.74, 6) is 0.0174. The van der Waals surface area contributed by atoms with Gasteiger partial charge in [0.25, 0.3) is 0 Å². The van der Waals surface area contributed by atoms with E-state index in [0.29, 0.717) is 49.3 Å². The number of ether oxygens (including phenoxy) is 2. The molecule has 10 heteroatoms. The summed E-state index contributed by atoms with van der Waals surface area (Å²) in [6.07, 6.45) is 7.96. The molecule has 0 radical (unpaired) electrons. The van der Waals surface area contributed by atoms with Gasteiger partial charge in [0.1, 0.15) is 0 Å². The molecule has 0 saturated heterocycles. The first-order chi connectivity index (χ1) is 20.6. The van der Waals surface area contributed by atoms with Crippen LogP contribution in [0.5, 0.6) is 5.75 Å². The van der Waals surface area contributed by atoms with Crippen molar-refractivity contribution in [3.63, 3.8) is 0 Å². The SMILES string of the molecule is COC(=O)[C@@]1(O)CC(=O)N(C)CC/C=C/[C@H](O)[C@@H]2CC[C@H]2CN2C[C@@]3(CCCc4cc(Cl)ccc43)COc3ccc1nc32. The summed E-state index contributed by atoms with van der Waals surface area (Å²) in [7, 11) is 2.82. The average Bonchev–Trinajstić information content (AvgIpc) is 3.13. The quantitative estimate of drug-likeness (QED) is 0.371. The van der Waals surface area contributed by atoms with E-state index in [1.807, 2.05) is 18.2 Å². The number of benzene rings is 1. The molecule has 1 saturated carbocycles. The third-order valence-electron chi connectivity index (χ3n) is 9.99. The van der Waals surface area contributed by atoms with Crippen molar-refractivity contribution in [1.82, 2.24) is 9.88 Å². The lowest BCUT2D eigenvalue weighted by atomic mass is 9.68. The number of rotatable bonds is 1. The van der Waals surface area contributed by atoms with E-state index in [1.54, 1.807) is 19.2 Å². The first kappa shape index (κ1) is 29.9. The topological polar surface area (TPSA) is 112 Å². The first-order valence-electron chi connectivity index (χ1n) is 15.2. The highest BCUT2D eigenvalue weighted by atomic mass is 35.5. The second-order valence-electron chi connectivity index (χ2n) is 12.7. The molecule has 6 rings (SSSR count). The van der Waals surface area contributed by atoms with Gasteiger partial charge < -0.3 is 29.5 Å². The van der Waals surface area contributed by atoms with E-state index in [1.165, 1.54) is 23.1 Å². The molecule has 2 aliphatic heterocycles. The second-order valence-corrected chi connectivity index (χ2v) is 13.1. The van der Waals surface area contributed by atoms with Gasteiger partial charge >= 0.3 is 5.97 Å². The smallest absolute Gasteiger partial charge is 0.344 e. The Morgan fingerprint density at radius 2 is 2.07 bits per heavy atom. The lowest BCUT2D eigenvalue weighted by Crippen LogP contribution is -2.50. The summed E-state index contributed by atoms with van der Waals surface area (Å²) in [5, 5.41) is 23.6. The Hall–Kier alpha value is -3.14. The Morgan fingerprint density at radius 1 is 1.23 bits per heavy atom. The van der Waals surface area contributed by atoms with Gasteiger partial charge in [-0.05, 0) is 85.8 Å². The van der Waals surface area contributed by atoms with Crippen LogP contribution in [-0.4, -0.2) is 78.5 Å². The number of aliphatic hydroxyl groups is 2. The van der Waals surface area contributed by atoms with Crippen LogP contribution in [0.15, 0.2) is 42.5 Å². The fourth-order valence-electron chi connectivity index (χ4n) is 7.33. The number of anilines is 1. The van der Waals surface area contributed by atoms with Crippen molar-refractivity contribution in [2.75, 3.05) is 45.3 Å². The summed E-state index contributed by atoms with van der Waals surface area (Å²) >= 11 is 6.39. The van der Waals surface area contributed by atoms with E-state index in [2.05, 4.69) is 17.0 Å². The molecule has 3 heterocycles. The zero-order valence-electron chi connectivity index (χ0n) is 24.8. The van der Waals surface area contributed by atoms with E-state index >= 15 is 0 Å². The van der Waals surface area contributed by atoms with Crippen molar-refractivity contribution in [2.24, 2.45) is 11.8 Å². The van der Waals surface area contributed by atoms with E-state index in [0.717, 1.165) is 32.1 Å². The highest BCUT2D eigenvalue weighted by molar-refractivity contribution is 6.30. The predicted molar refractivity (Wildman–Crippen MR) is 162 cm³/mol. The lowest BCUT2D eigenvalue weighted by Gasteiger charge is -2.45. The largest absolute Gasteiger partial charge is 0.489 e. The van der Waals surface area contributed by atoms with Crippen LogP contribution < -0.4 is 9.64 Å². The van der Waals surface area contributed by atoms with Crippen molar-refractivity contribution in [1.29, 1.82) is 0 Å². The monoisotopic (exact) mass is 609 g/mol. The number of aromatic nitrogens is 1. The third kappa shape index (κ3) is 5.51. The minimum atomic E-state index is -2.28. The Kier molecular flexibility index (Phi) is 8.17. The summed E-state index contributed by atoms with van der Waals surface area (Å²) in [4.78, 5) is 34.8. The standard InChI is InChI=1S/C33H40ClN3O6/c1-36-15-4-3-7-26(38)24-10-8-22(24)18-37-19-32(14-5-6-21-16-23(34)9-11-25(21)32)20-43-27-12-13-28(35-30(27)37)33(41,17-29(36)39)31(40)42-2/h3,7,9,11-13,16,22,24,26,38,41H,4-6,8,10,14-15,17-20H2,1-2H3/b7-3+/t22-,24+,26-,32-,33+/m0/s1. The lowest BCUT2D eigenvalue weighted by molar-refractivity contribution is -0.168. The normalized spacial score (nSPS) is 31.7. The zero-order chi connectivity index (χ0) is 30.4. The number of halogens is 1. The maximum Gasteiger partial charge on any atom is 0.344 e. The minimum absolute atomic E-state index is 0.0393. The number of carbonyl (C=O) groups is 2. The van der Waals surface area contributed by atoms with Gasteiger partial charge in [0.05, 0.1) is 31.9 Å². The fraction of sp³-hybridized carbons (Fsp3) is 0.545. The molecule has 1 fully saturated rings. The molecule has 43 heavy (non-hydrogen) atoms. The van der Waals surface area contributed by atoms with E-state index < -0.39 is 30.0 Å². The summed E-state index contributed by atoms with van der Waals surface area (Å²) in [5.41, 5.74) is -0.120. The maximum absolute atomic E-state index is 13.2. The van der Waals surface area contributed by atoms with Crippen molar-refractivity contribution in [3.8, 4) is 5.75 Å². The van der Waals surface area contributed by atoms with E-state index in [-0.39, 0.29) is 22.9 Å². The van der Waals surface area contributed by atoms with Gasteiger partial charge in [0, 0.05) is 37.1 Å². The molecular weight excluding hydrogens is 570 g/mol. The molecule has 0 unspecified atom stereocenters. The van der Waals surface area contributed by atoms with Crippen LogP contribution >= 0.6 is 11.6 Å². The van der Waals surface area contributed by atoms with Gasteiger partial charge in [-0.25, -0.2) is 9.78 Å². The number of aryl methyl sites for hydroxylation is 1. The van der Waals surface area contributed by atoms with Crippen LogP contribution in [0.1, 0.15) is 55.3 Å². The molecule has 4 aliphatic rings. The van der Waals surface area contributed by atoms with Crippen LogP contribution in [0, 0.1) is 11.8 Å². The molecule has 2 N–H and O–H groups in total. The highest BCUT2D eigenvalue weighted by Gasteiger charge is 2.47. The van der Waals surface area contributed by atoms with Crippen molar-refractivity contribution >= 4 is 29.3 Å². The number of methoxy groups -OCH3 is 1. The van der Waals surface area contributed by atoms with Crippen molar-refractivity contribution < 1.29 is 29.3 Å². The zero-order valence-corrected chi connectivity index (χ0v) is 25.6. The number of hydrogen-bond donors (Lipinski definition) is 2. The second kappa shape index (κ2) is 11.7. The molecule has 5 atom stereocenters. The van der Waals surface area contributed by atoms with Gasteiger partial charge in [-0.2, -0.15) is 0 Å². The van der Waals surface area contributed by atoms with Gasteiger partial charge in [0.15, 0.2) is 11.6 Å². The number of fused-ring (bicyclic) bond motifs is 4. The number of pyridine rings is 1. The third-order valence-corrected chi connectivity index (χ3v) is 10.2. The molecule has 1 amide bonds. The average molecular weight is 610 g/mol. The van der Waals surface area contributed by atoms with E-state index in [4.69, 9.17) is 26.1 Å². The first-order valence-corrected chi connectivity index (χ1v) is 15.6. The summed E-state index contributed by atoms with van der Waals surface area (Å²) in [6, 6.07) is 9.39. The number of amides is 1. The van der Waals surface area contributed by atoms with Crippen LogP contribution in [0.4, 0.5) is 5.82 Å².